The van der Waals surface area contributed by atoms with Crippen molar-refractivity contribution in [1.29, 1.82) is 0 Å². The summed E-state index contributed by atoms with van der Waals surface area (Å²) in [5, 5.41) is 4.44. The summed E-state index contributed by atoms with van der Waals surface area (Å²) in [6, 6.07) is 7.52. The van der Waals surface area contributed by atoms with Crippen LogP contribution in [0.1, 0.15) is 19.4 Å². The average molecular weight is 457 g/mol. The molecular weight excluding hydrogens is 439 g/mol. The Labute approximate surface area is 175 Å². The van der Waals surface area contributed by atoms with Crippen LogP contribution < -0.4 is 20.1 Å². The molecule has 3 rings (SSSR count). The van der Waals surface area contributed by atoms with Crippen molar-refractivity contribution in [1.82, 2.24) is 15.4 Å². The molecule has 12 heteroatoms. The molecule has 31 heavy (non-hydrogen) atoms. The number of hydrogen-bond donors (Lipinski definition) is 3. The van der Waals surface area contributed by atoms with Crippen molar-refractivity contribution in [2.45, 2.75) is 36.5 Å². The number of alkyl halides is 3. The van der Waals surface area contributed by atoms with Crippen molar-refractivity contribution in [3.05, 3.63) is 54.1 Å². The molecular formula is C19H18F3N3O5S. The lowest BCUT2D eigenvalue weighted by Gasteiger charge is -2.28. The summed E-state index contributed by atoms with van der Waals surface area (Å²) >= 11 is 0. The van der Waals surface area contributed by atoms with Gasteiger partial charge in [0.05, 0.1) is 16.5 Å². The quantitative estimate of drug-likeness (QED) is 0.578. The molecule has 0 aromatic heterocycles. The van der Waals surface area contributed by atoms with Crippen LogP contribution in [0.3, 0.4) is 0 Å². The van der Waals surface area contributed by atoms with Gasteiger partial charge in [0.2, 0.25) is 10.0 Å². The van der Waals surface area contributed by atoms with E-state index in [0.29, 0.717) is 0 Å². The summed E-state index contributed by atoms with van der Waals surface area (Å²) in [7, 11) is -4.05. The van der Waals surface area contributed by atoms with Crippen LogP contribution in [0.25, 0.3) is 0 Å². The Bertz CT molecular complexity index is 1100. The molecule has 1 aliphatic rings. The largest absolute Gasteiger partial charge is 0.457 e. The first-order valence-corrected chi connectivity index (χ1v) is 10.4. The molecule has 0 unspecified atom stereocenters. The topological polar surface area (TPSA) is 114 Å². The zero-order valence-corrected chi connectivity index (χ0v) is 17.1. The third kappa shape index (κ3) is 4.80. The number of imide groups is 1. The van der Waals surface area contributed by atoms with Gasteiger partial charge in [0.25, 0.3) is 5.91 Å². The summed E-state index contributed by atoms with van der Waals surface area (Å²) in [4.78, 5) is 23.2. The van der Waals surface area contributed by atoms with E-state index in [1.807, 2.05) is 0 Å². The van der Waals surface area contributed by atoms with E-state index in [-0.39, 0.29) is 16.4 Å². The van der Waals surface area contributed by atoms with Crippen LogP contribution >= 0.6 is 0 Å². The summed E-state index contributed by atoms with van der Waals surface area (Å²) in [6.07, 6.45) is -4.46. The molecule has 0 bridgehead atoms. The van der Waals surface area contributed by atoms with E-state index in [9.17, 15) is 31.2 Å². The number of urea groups is 1. The number of nitrogens with one attached hydrogen (secondary N) is 3. The van der Waals surface area contributed by atoms with E-state index in [1.165, 1.54) is 38.1 Å². The maximum atomic E-state index is 12.6. The molecule has 8 nitrogen and oxygen atoms in total. The molecule has 2 aromatic rings. The van der Waals surface area contributed by atoms with E-state index in [0.717, 1.165) is 24.3 Å². The van der Waals surface area contributed by atoms with Crippen molar-refractivity contribution in [2.75, 3.05) is 0 Å². The van der Waals surface area contributed by atoms with Gasteiger partial charge in [0.1, 0.15) is 17.0 Å². The zero-order valence-electron chi connectivity index (χ0n) is 16.3. The predicted molar refractivity (Wildman–Crippen MR) is 103 cm³/mol. The maximum Gasteiger partial charge on any atom is 0.416 e. The fourth-order valence-corrected chi connectivity index (χ4v) is 4.15. The molecule has 0 radical (unpaired) electrons. The summed E-state index contributed by atoms with van der Waals surface area (Å²) in [5.74, 6) is -0.305. The molecule has 2 aromatic carbocycles. The molecule has 1 aliphatic heterocycles. The van der Waals surface area contributed by atoms with Gasteiger partial charge < -0.3 is 10.1 Å². The van der Waals surface area contributed by atoms with Gasteiger partial charge in [-0.3, -0.25) is 10.1 Å². The Balaban J connectivity index is 1.70. The van der Waals surface area contributed by atoms with Crippen LogP contribution in [0, 0.1) is 0 Å². The second-order valence-corrected chi connectivity index (χ2v) is 8.76. The third-order valence-corrected chi connectivity index (χ3v) is 6.38. The van der Waals surface area contributed by atoms with Crippen LogP contribution in [0.5, 0.6) is 11.5 Å². The number of halogens is 3. The van der Waals surface area contributed by atoms with Gasteiger partial charge in [-0.25, -0.2) is 17.9 Å². The smallest absolute Gasteiger partial charge is 0.416 e. The highest BCUT2D eigenvalue weighted by molar-refractivity contribution is 7.89. The Morgan fingerprint density at radius 2 is 1.52 bits per heavy atom. The summed E-state index contributed by atoms with van der Waals surface area (Å²) < 4.78 is 70.9. The second-order valence-electron chi connectivity index (χ2n) is 7.05. The average Bonchev–Trinajstić information content (AvgIpc) is 2.94. The van der Waals surface area contributed by atoms with Crippen LogP contribution in [0.4, 0.5) is 18.0 Å². The second kappa shape index (κ2) is 7.85. The molecule has 0 spiro atoms. The van der Waals surface area contributed by atoms with E-state index >= 15 is 0 Å². The monoisotopic (exact) mass is 457 g/mol. The normalized spacial score (nSPS) is 20.2. The number of sulfonamides is 1. The molecule has 1 heterocycles. The number of carbonyl (C=O) groups is 2. The van der Waals surface area contributed by atoms with E-state index < -0.39 is 45.3 Å². The van der Waals surface area contributed by atoms with Gasteiger partial charge in [-0.05, 0) is 62.4 Å². The fraction of sp³-hybridized carbons (Fsp3) is 0.263. The number of hydrogen-bond acceptors (Lipinski definition) is 5. The van der Waals surface area contributed by atoms with Crippen molar-refractivity contribution in [3.63, 3.8) is 0 Å². The highest BCUT2D eigenvalue weighted by Gasteiger charge is 2.47. The van der Waals surface area contributed by atoms with E-state index in [1.54, 1.807) is 0 Å². The van der Waals surface area contributed by atoms with Crippen molar-refractivity contribution >= 4 is 22.0 Å². The summed E-state index contributed by atoms with van der Waals surface area (Å²) in [6.45, 7) is 2.83. The number of amides is 3. The fourth-order valence-electron chi connectivity index (χ4n) is 2.82. The van der Waals surface area contributed by atoms with Gasteiger partial charge >= 0.3 is 12.2 Å². The Kier molecular flexibility index (Phi) is 5.72. The minimum Gasteiger partial charge on any atom is -0.457 e. The van der Waals surface area contributed by atoms with Gasteiger partial charge in [-0.2, -0.15) is 13.2 Å². The Morgan fingerprint density at radius 3 is 1.97 bits per heavy atom. The molecule has 1 saturated heterocycles. The number of benzene rings is 2. The lowest BCUT2D eigenvalue weighted by atomic mass is 9.95. The molecule has 3 amide bonds. The van der Waals surface area contributed by atoms with Crippen molar-refractivity contribution in [3.8, 4) is 11.5 Å². The molecule has 166 valence electrons. The standard InChI is InChI=1S/C19H18F3N3O5S/c1-11(18(2)16(26)23-17(27)24-18)25-31(28,29)15-9-7-14(8-10-15)30-13-5-3-12(4-6-13)19(20,21)22/h3-11,25H,1-2H3,(H2,23,24,26,27)/t11-,18+/m1/s1. The first kappa shape index (κ1) is 22.6. The molecule has 1 fully saturated rings. The SMILES string of the molecule is C[C@@H](NS(=O)(=O)c1ccc(Oc2ccc(C(F)(F)F)cc2)cc1)[C@]1(C)NC(=O)NC1=O. The zero-order chi connectivity index (χ0) is 23.0. The van der Waals surface area contributed by atoms with Crippen molar-refractivity contribution < 1.29 is 35.9 Å². The minimum absolute atomic E-state index is 0.132. The van der Waals surface area contributed by atoms with Crippen LogP contribution in [0.15, 0.2) is 53.4 Å². The van der Waals surface area contributed by atoms with E-state index in [4.69, 9.17) is 4.74 Å². The molecule has 0 aliphatic carbocycles. The lowest BCUT2D eigenvalue weighted by Crippen LogP contribution is -2.59. The van der Waals surface area contributed by atoms with Crippen LogP contribution in [-0.4, -0.2) is 31.9 Å². The lowest BCUT2D eigenvalue weighted by molar-refractivity contribution is -0.137. The minimum atomic E-state index is -4.46. The van der Waals surface area contributed by atoms with Gasteiger partial charge in [0, 0.05) is 0 Å². The van der Waals surface area contributed by atoms with E-state index in [2.05, 4.69) is 15.4 Å². The van der Waals surface area contributed by atoms with Gasteiger partial charge in [-0.15, -0.1) is 0 Å². The Hall–Kier alpha value is -3.12. The highest BCUT2D eigenvalue weighted by atomic mass is 32.2. The third-order valence-electron chi connectivity index (χ3n) is 4.82. The van der Waals surface area contributed by atoms with Crippen molar-refractivity contribution in [2.24, 2.45) is 0 Å². The van der Waals surface area contributed by atoms with Gasteiger partial charge in [-0.1, -0.05) is 0 Å². The number of carbonyl (C=O) groups excluding carboxylic acids is 2. The predicted octanol–water partition coefficient (Wildman–Crippen LogP) is 2.76. The molecule has 3 N–H and O–H groups in total. The van der Waals surface area contributed by atoms with Crippen LogP contribution in [-0.2, 0) is 21.0 Å². The molecule has 0 saturated carbocycles. The first-order chi connectivity index (χ1) is 14.3. The molecule has 2 atom stereocenters. The first-order valence-electron chi connectivity index (χ1n) is 8.92. The summed E-state index contributed by atoms with van der Waals surface area (Å²) in [5.41, 5.74) is -2.28. The van der Waals surface area contributed by atoms with Gasteiger partial charge in [0.15, 0.2) is 0 Å². The highest BCUT2D eigenvalue weighted by Crippen LogP contribution is 2.31. The van der Waals surface area contributed by atoms with Crippen LogP contribution in [0.2, 0.25) is 0 Å². The maximum absolute atomic E-state index is 12.6. The number of rotatable bonds is 6. The number of ether oxygens (including phenoxy) is 1. The Morgan fingerprint density at radius 1 is 1.00 bits per heavy atom.